The van der Waals surface area contributed by atoms with Gasteiger partial charge in [0.05, 0.1) is 0 Å². The predicted octanol–water partition coefficient (Wildman–Crippen LogP) is 12.6. The number of ether oxygens (including phenoxy) is 3. The fourth-order valence-electron chi connectivity index (χ4n) is 6.01. The van der Waals surface area contributed by atoms with Crippen molar-refractivity contribution in [2.24, 2.45) is 11.8 Å². The van der Waals surface area contributed by atoms with E-state index in [0.29, 0.717) is 19.3 Å². The smallest absolute Gasteiger partial charge is 0.306 e. The standard InChI is InChI=1S/C42H80O6/c1-6-8-9-10-11-12-13-16-22-27-32-40(43)46-35-39(48-42(45)34-29-24-19-18-21-26-31-38(5)7-2)36-47-41(44)33-28-23-17-14-15-20-25-30-37(3)4/h37-39H,6-36H2,1-5H3/t38?,39-/m1/s1. The number of unbranched alkanes of at least 4 members (excludes halogenated alkanes) is 20. The van der Waals surface area contributed by atoms with Crippen molar-refractivity contribution in [2.45, 2.75) is 227 Å². The summed E-state index contributed by atoms with van der Waals surface area (Å²) in [5.74, 6) is 0.721. The first-order valence-corrected chi connectivity index (χ1v) is 20.8. The Kier molecular flexibility index (Phi) is 34.1. The second-order valence-electron chi connectivity index (χ2n) is 15.0. The van der Waals surface area contributed by atoms with Crippen LogP contribution in [-0.2, 0) is 28.6 Å². The van der Waals surface area contributed by atoms with Gasteiger partial charge in [-0.3, -0.25) is 14.4 Å². The molecule has 0 saturated heterocycles. The number of esters is 3. The zero-order chi connectivity index (χ0) is 35.5. The summed E-state index contributed by atoms with van der Waals surface area (Å²) in [6, 6.07) is 0. The summed E-state index contributed by atoms with van der Waals surface area (Å²) in [5, 5.41) is 0. The molecule has 0 spiro atoms. The molecule has 0 amide bonds. The topological polar surface area (TPSA) is 78.9 Å². The van der Waals surface area contributed by atoms with Crippen LogP contribution >= 0.6 is 0 Å². The van der Waals surface area contributed by atoms with Gasteiger partial charge in [-0.15, -0.1) is 0 Å². The quantitative estimate of drug-likeness (QED) is 0.0372. The minimum absolute atomic E-state index is 0.0669. The van der Waals surface area contributed by atoms with Gasteiger partial charge in [0.25, 0.3) is 0 Å². The molecule has 0 aromatic heterocycles. The molecule has 0 aromatic carbocycles. The van der Waals surface area contributed by atoms with Gasteiger partial charge in [0.1, 0.15) is 13.2 Å². The molecule has 6 heteroatoms. The molecule has 48 heavy (non-hydrogen) atoms. The Morgan fingerprint density at radius 2 is 0.792 bits per heavy atom. The lowest BCUT2D eigenvalue weighted by atomic mass is 10.00. The van der Waals surface area contributed by atoms with Crippen molar-refractivity contribution in [3.8, 4) is 0 Å². The molecule has 6 nitrogen and oxygen atoms in total. The molecule has 0 aromatic rings. The normalized spacial score (nSPS) is 12.6. The Labute approximate surface area is 298 Å². The van der Waals surface area contributed by atoms with Crippen LogP contribution in [0.1, 0.15) is 221 Å². The maximum atomic E-state index is 12.6. The zero-order valence-electron chi connectivity index (χ0n) is 32.6. The van der Waals surface area contributed by atoms with E-state index < -0.39 is 6.10 Å². The van der Waals surface area contributed by atoms with Crippen LogP contribution in [0.15, 0.2) is 0 Å². The van der Waals surface area contributed by atoms with Gasteiger partial charge in [-0.2, -0.15) is 0 Å². The van der Waals surface area contributed by atoms with Gasteiger partial charge in [-0.05, 0) is 31.1 Å². The van der Waals surface area contributed by atoms with E-state index in [1.165, 1.54) is 109 Å². The van der Waals surface area contributed by atoms with Crippen LogP contribution in [0.5, 0.6) is 0 Å². The Morgan fingerprint density at radius 3 is 1.19 bits per heavy atom. The molecule has 1 unspecified atom stereocenters. The first kappa shape index (κ1) is 46.4. The largest absolute Gasteiger partial charge is 0.462 e. The molecule has 0 radical (unpaired) electrons. The lowest BCUT2D eigenvalue weighted by Gasteiger charge is -2.18. The number of hydrogen-bond donors (Lipinski definition) is 0. The molecule has 284 valence electrons. The van der Waals surface area contributed by atoms with E-state index in [-0.39, 0.29) is 31.1 Å². The predicted molar refractivity (Wildman–Crippen MR) is 201 cm³/mol. The number of carbonyl (C=O) groups excluding carboxylic acids is 3. The van der Waals surface area contributed by atoms with Crippen LogP contribution in [0, 0.1) is 11.8 Å². The summed E-state index contributed by atoms with van der Waals surface area (Å²) < 4.78 is 16.6. The molecule has 0 heterocycles. The fourth-order valence-corrected chi connectivity index (χ4v) is 6.01. The highest BCUT2D eigenvalue weighted by Gasteiger charge is 2.19. The van der Waals surface area contributed by atoms with E-state index in [4.69, 9.17) is 14.2 Å². The van der Waals surface area contributed by atoms with Gasteiger partial charge in [-0.1, -0.05) is 182 Å². The van der Waals surface area contributed by atoms with Gasteiger partial charge in [0.15, 0.2) is 6.10 Å². The Balaban J connectivity index is 4.37. The summed E-state index contributed by atoms with van der Waals surface area (Å²) in [4.78, 5) is 37.5. The highest BCUT2D eigenvalue weighted by Crippen LogP contribution is 2.16. The fraction of sp³-hybridized carbons (Fsp3) is 0.929. The van der Waals surface area contributed by atoms with E-state index >= 15 is 0 Å². The van der Waals surface area contributed by atoms with Gasteiger partial charge in [0.2, 0.25) is 0 Å². The van der Waals surface area contributed by atoms with E-state index in [1.807, 2.05) is 0 Å². The van der Waals surface area contributed by atoms with Gasteiger partial charge < -0.3 is 14.2 Å². The van der Waals surface area contributed by atoms with E-state index in [0.717, 1.165) is 69.6 Å². The van der Waals surface area contributed by atoms with Crippen LogP contribution in [0.2, 0.25) is 0 Å². The SMILES string of the molecule is CCCCCCCCCCCCC(=O)OC[C@H](COC(=O)CCCCCCCCCC(C)C)OC(=O)CCCCCCCCC(C)CC. The third-order valence-electron chi connectivity index (χ3n) is 9.58. The maximum Gasteiger partial charge on any atom is 0.306 e. The number of carbonyl (C=O) groups is 3. The number of hydrogen-bond acceptors (Lipinski definition) is 6. The Hall–Kier alpha value is -1.59. The van der Waals surface area contributed by atoms with Crippen LogP contribution < -0.4 is 0 Å². The third kappa shape index (κ3) is 34.3. The van der Waals surface area contributed by atoms with Gasteiger partial charge in [-0.25, -0.2) is 0 Å². The molecule has 0 aliphatic rings. The van der Waals surface area contributed by atoms with Crippen LogP contribution in [0.3, 0.4) is 0 Å². The van der Waals surface area contributed by atoms with E-state index in [1.54, 1.807) is 0 Å². The maximum absolute atomic E-state index is 12.6. The molecular weight excluding hydrogens is 600 g/mol. The molecular formula is C42H80O6. The first-order valence-electron chi connectivity index (χ1n) is 20.8. The molecule has 0 rings (SSSR count). The summed E-state index contributed by atoms with van der Waals surface area (Å²) in [7, 11) is 0. The summed E-state index contributed by atoms with van der Waals surface area (Å²) in [6.07, 6.45) is 31.0. The average molecular weight is 681 g/mol. The molecule has 2 atom stereocenters. The van der Waals surface area contributed by atoms with Crippen molar-refractivity contribution < 1.29 is 28.6 Å². The van der Waals surface area contributed by atoms with Crippen molar-refractivity contribution in [3.63, 3.8) is 0 Å². The average Bonchev–Trinajstić information content (AvgIpc) is 3.06. The second-order valence-corrected chi connectivity index (χ2v) is 15.0. The lowest BCUT2D eigenvalue weighted by molar-refractivity contribution is -0.167. The van der Waals surface area contributed by atoms with E-state index in [2.05, 4.69) is 34.6 Å². The van der Waals surface area contributed by atoms with Crippen molar-refractivity contribution >= 4 is 17.9 Å². The summed E-state index contributed by atoms with van der Waals surface area (Å²) in [5.41, 5.74) is 0. The summed E-state index contributed by atoms with van der Waals surface area (Å²) in [6.45, 7) is 11.2. The first-order chi connectivity index (χ1) is 23.3. The summed E-state index contributed by atoms with van der Waals surface area (Å²) >= 11 is 0. The Morgan fingerprint density at radius 1 is 0.438 bits per heavy atom. The molecule has 0 bridgehead atoms. The van der Waals surface area contributed by atoms with Crippen LogP contribution in [-0.4, -0.2) is 37.2 Å². The minimum atomic E-state index is -0.760. The van der Waals surface area contributed by atoms with Gasteiger partial charge >= 0.3 is 17.9 Å². The Bertz CT molecular complexity index is 736. The lowest BCUT2D eigenvalue weighted by Crippen LogP contribution is -2.30. The van der Waals surface area contributed by atoms with Crippen LogP contribution in [0.4, 0.5) is 0 Å². The van der Waals surface area contributed by atoms with Crippen molar-refractivity contribution in [1.29, 1.82) is 0 Å². The van der Waals surface area contributed by atoms with Crippen molar-refractivity contribution in [1.82, 2.24) is 0 Å². The van der Waals surface area contributed by atoms with Crippen molar-refractivity contribution in [3.05, 3.63) is 0 Å². The number of rotatable bonds is 36. The minimum Gasteiger partial charge on any atom is -0.462 e. The van der Waals surface area contributed by atoms with E-state index in [9.17, 15) is 14.4 Å². The molecule has 0 fully saturated rings. The highest BCUT2D eigenvalue weighted by atomic mass is 16.6. The zero-order valence-corrected chi connectivity index (χ0v) is 32.6. The third-order valence-corrected chi connectivity index (χ3v) is 9.58. The molecule has 0 N–H and O–H groups in total. The second kappa shape index (κ2) is 35.2. The molecule has 0 saturated carbocycles. The molecule has 0 aliphatic carbocycles. The van der Waals surface area contributed by atoms with Crippen LogP contribution in [0.25, 0.3) is 0 Å². The monoisotopic (exact) mass is 681 g/mol. The highest BCUT2D eigenvalue weighted by molar-refractivity contribution is 5.71. The van der Waals surface area contributed by atoms with Gasteiger partial charge in [0, 0.05) is 19.3 Å². The van der Waals surface area contributed by atoms with Crippen molar-refractivity contribution in [2.75, 3.05) is 13.2 Å². The molecule has 0 aliphatic heterocycles.